The van der Waals surface area contributed by atoms with Gasteiger partial charge in [-0.15, -0.1) is 0 Å². The van der Waals surface area contributed by atoms with E-state index in [0.717, 1.165) is 28.0 Å². The van der Waals surface area contributed by atoms with Crippen LogP contribution in [0.2, 0.25) is 0 Å². The summed E-state index contributed by atoms with van der Waals surface area (Å²) in [4.78, 5) is 12.3. The minimum atomic E-state index is 0.0337. The Morgan fingerprint density at radius 1 is 0.952 bits per heavy atom. The Bertz CT molecular complexity index is 679. The summed E-state index contributed by atoms with van der Waals surface area (Å²) in [5, 5.41) is 0. The third-order valence-corrected chi connectivity index (χ3v) is 3.65. The molecule has 0 saturated carbocycles. The highest BCUT2D eigenvalue weighted by Crippen LogP contribution is 2.17. The van der Waals surface area contributed by atoms with E-state index in [0.29, 0.717) is 0 Å². The van der Waals surface area contributed by atoms with Gasteiger partial charge in [-0.3, -0.25) is 4.79 Å². The van der Waals surface area contributed by atoms with Gasteiger partial charge in [-0.05, 0) is 67.3 Å². The lowest BCUT2D eigenvalue weighted by Gasteiger charge is -2.07. The van der Waals surface area contributed by atoms with Crippen LogP contribution in [0.15, 0.2) is 42.5 Å². The van der Waals surface area contributed by atoms with Crippen molar-refractivity contribution in [3.8, 4) is 5.75 Å². The summed E-state index contributed by atoms with van der Waals surface area (Å²) in [5.41, 5.74) is 5.11. The molecule has 0 amide bonds. The molecule has 108 valence electrons. The molecular weight excluding hydrogens is 260 g/mol. The first kappa shape index (κ1) is 15.0. The second-order valence-corrected chi connectivity index (χ2v) is 5.22. The first-order chi connectivity index (χ1) is 10.0. The van der Waals surface area contributed by atoms with E-state index in [4.69, 9.17) is 4.74 Å². The van der Waals surface area contributed by atoms with Gasteiger partial charge >= 0.3 is 0 Å². The van der Waals surface area contributed by atoms with Crippen LogP contribution in [0, 0.1) is 20.8 Å². The number of benzene rings is 2. The van der Waals surface area contributed by atoms with E-state index in [1.165, 1.54) is 5.56 Å². The van der Waals surface area contributed by atoms with Gasteiger partial charge < -0.3 is 4.74 Å². The van der Waals surface area contributed by atoms with Gasteiger partial charge in [-0.1, -0.05) is 24.3 Å². The summed E-state index contributed by atoms with van der Waals surface area (Å²) >= 11 is 0. The molecule has 2 aromatic rings. The largest absolute Gasteiger partial charge is 0.497 e. The van der Waals surface area contributed by atoms with E-state index < -0.39 is 0 Å². The summed E-state index contributed by atoms with van der Waals surface area (Å²) in [6, 6.07) is 11.6. The smallest absolute Gasteiger partial charge is 0.186 e. The average Bonchev–Trinajstić information content (AvgIpc) is 2.49. The van der Waals surface area contributed by atoms with Crippen molar-refractivity contribution in [3.05, 3.63) is 70.3 Å². The highest BCUT2D eigenvalue weighted by Gasteiger charge is 2.07. The van der Waals surface area contributed by atoms with Gasteiger partial charge in [0, 0.05) is 5.56 Å². The second kappa shape index (κ2) is 6.40. The minimum absolute atomic E-state index is 0.0337. The molecule has 0 unspecified atom stereocenters. The number of aryl methyl sites for hydroxylation is 3. The zero-order chi connectivity index (χ0) is 15.4. The van der Waals surface area contributed by atoms with Crippen molar-refractivity contribution < 1.29 is 9.53 Å². The van der Waals surface area contributed by atoms with Crippen molar-refractivity contribution in [2.45, 2.75) is 20.8 Å². The van der Waals surface area contributed by atoms with Crippen LogP contribution < -0.4 is 4.74 Å². The highest BCUT2D eigenvalue weighted by molar-refractivity contribution is 6.07. The molecule has 0 aromatic heterocycles. The van der Waals surface area contributed by atoms with E-state index in [2.05, 4.69) is 13.0 Å². The average molecular weight is 280 g/mol. The molecule has 0 radical (unpaired) electrons. The lowest BCUT2D eigenvalue weighted by atomic mass is 9.97. The fourth-order valence-electron chi connectivity index (χ4n) is 2.20. The summed E-state index contributed by atoms with van der Waals surface area (Å²) in [6.45, 7) is 6.06. The van der Waals surface area contributed by atoms with Crippen LogP contribution in [0.25, 0.3) is 6.08 Å². The lowest BCUT2D eigenvalue weighted by Crippen LogP contribution is -2.00. The zero-order valence-electron chi connectivity index (χ0n) is 12.9. The predicted molar refractivity (Wildman–Crippen MR) is 87.0 cm³/mol. The Kier molecular flexibility index (Phi) is 4.59. The Balaban J connectivity index is 2.20. The van der Waals surface area contributed by atoms with Crippen LogP contribution in [-0.4, -0.2) is 12.9 Å². The summed E-state index contributed by atoms with van der Waals surface area (Å²) < 4.78 is 5.11. The van der Waals surface area contributed by atoms with E-state index in [9.17, 15) is 4.79 Å². The molecule has 2 aromatic carbocycles. The monoisotopic (exact) mass is 280 g/mol. The predicted octanol–water partition coefficient (Wildman–Crippen LogP) is 4.52. The third-order valence-electron chi connectivity index (χ3n) is 3.65. The molecule has 2 heteroatoms. The first-order valence-corrected chi connectivity index (χ1v) is 6.95. The molecule has 0 atom stereocenters. The molecule has 0 heterocycles. The van der Waals surface area contributed by atoms with Gasteiger partial charge in [-0.25, -0.2) is 0 Å². The quantitative estimate of drug-likeness (QED) is 0.608. The Morgan fingerprint density at radius 3 is 2.19 bits per heavy atom. The lowest BCUT2D eigenvalue weighted by molar-refractivity contribution is 0.104. The summed E-state index contributed by atoms with van der Waals surface area (Å²) in [6.07, 6.45) is 3.45. The second-order valence-electron chi connectivity index (χ2n) is 5.22. The van der Waals surface area contributed by atoms with Crippen molar-refractivity contribution in [2.24, 2.45) is 0 Å². The topological polar surface area (TPSA) is 26.3 Å². The van der Waals surface area contributed by atoms with Crippen molar-refractivity contribution in [1.82, 2.24) is 0 Å². The van der Waals surface area contributed by atoms with E-state index in [-0.39, 0.29) is 5.78 Å². The molecule has 0 aliphatic heterocycles. The van der Waals surface area contributed by atoms with Crippen molar-refractivity contribution in [1.29, 1.82) is 0 Å². The van der Waals surface area contributed by atoms with Crippen LogP contribution in [0.1, 0.15) is 32.6 Å². The number of rotatable bonds is 4. The number of ether oxygens (including phenoxy) is 1. The van der Waals surface area contributed by atoms with E-state index in [1.54, 1.807) is 13.2 Å². The molecule has 0 aliphatic rings. The van der Waals surface area contributed by atoms with Crippen LogP contribution in [0.4, 0.5) is 0 Å². The maximum atomic E-state index is 12.3. The Hall–Kier alpha value is -2.35. The van der Waals surface area contributed by atoms with Crippen LogP contribution >= 0.6 is 0 Å². The molecule has 0 N–H and O–H groups in total. The number of hydrogen-bond donors (Lipinski definition) is 0. The summed E-state index contributed by atoms with van der Waals surface area (Å²) in [5.74, 6) is 0.842. The van der Waals surface area contributed by atoms with Crippen LogP contribution in [0.5, 0.6) is 5.75 Å². The Morgan fingerprint density at radius 2 is 1.57 bits per heavy atom. The Labute approximate surface area is 126 Å². The number of methoxy groups -OCH3 is 1. The molecule has 0 bridgehead atoms. The van der Waals surface area contributed by atoms with Gasteiger partial charge in [0.05, 0.1) is 7.11 Å². The standard InChI is InChI=1S/C19H20O2/c1-13-11-15(3)18(12-14(13)2)19(20)10-7-16-5-8-17(21-4)9-6-16/h5-12H,1-4H3/b10-7+. The van der Waals surface area contributed by atoms with Crippen molar-refractivity contribution in [3.63, 3.8) is 0 Å². The molecule has 0 fully saturated rings. The highest BCUT2D eigenvalue weighted by atomic mass is 16.5. The molecule has 2 rings (SSSR count). The molecule has 21 heavy (non-hydrogen) atoms. The molecule has 0 spiro atoms. The molecule has 0 saturated heterocycles. The van der Waals surface area contributed by atoms with Gasteiger partial charge in [-0.2, -0.15) is 0 Å². The maximum absolute atomic E-state index is 12.3. The maximum Gasteiger partial charge on any atom is 0.186 e. The molecule has 2 nitrogen and oxygen atoms in total. The van der Waals surface area contributed by atoms with Crippen LogP contribution in [0.3, 0.4) is 0 Å². The SMILES string of the molecule is COc1ccc(/C=C/C(=O)c2cc(C)c(C)cc2C)cc1. The van der Waals surface area contributed by atoms with Crippen molar-refractivity contribution in [2.75, 3.05) is 7.11 Å². The van der Waals surface area contributed by atoms with Crippen molar-refractivity contribution >= 4 is 11.9 Å². The molecular formula is C19H20O2. The molecule has 0 aliphatic carbocycles. The van der Waals surface area contributed by atoms with E-state index >= 15 is 0 Å². The number of carbonyl (C=O) groups excluding carboxylic acids is 1. The fourth-order valence-corrected chi connectivity index (χ4v) is 2.20. The van der Waals surface area contributed by atoms with Gasteiger partial charge in [0.2, 0.25) is 0 Å². The van der Waals surface area contributed by atoms with E-state index in [1.807, 2.05) is 50.3 Å². The third kappa shape index (κ3) is 3.60. The number of ketones is 1. The van der Waals surface area contributed by atoms with Gasteiger partial charge in [0.1, 0.15) is 5.75 Å². The fraction of sp³-hybridized carbons (Fsp3) is 0.211. The number of allylic oxidation sites excluding steroid dienone is 1. The first-order valence-electron chi connectivity index (χ1n) is 6.95. The number of carbonyl (C=O) groups is 1. The summed E-state index contributed by atoms with van der Waals surface area (Å²) in [7, 11) is 1.64. The normalized spacial score (nSPS) is 10.9. The van der Waals surface area contributed by atoms with Crippen LogP contribution in [-0.2, 0) is 0 Å². The van der Waals surface area contributed by atoms with Gasteiger partial charge in [0.25, 0.3) is 0 Å². The number of hydrogen-bond acceptors (Lipinski definition) is 2. The zero-order valence-corrected chi connectivity index (χ0v) is 12.9. The van der Waals surface area contributed by atoms with Gasteiger partial charge in [0.15, 0.2) is 5.78 Å². The minimum Gasteiger partial charge on any atom is -0.497 e.